The Hall–Kier alpha value is -1.74. The first kappa shape index (κ1) is 13.7. The summed E-state index contributed by atoms with van der Waals surface area (Å²) in [5.41, 5.74) is 0.478. The van der Waals surface area contributed by atoms with Crippen molar-refractivity contribution in [3.63, 3.8) is 0 Å². The standard InChI is InChI=1S/C13H13BrN2O3/c1-2-5-15(8-12(17)18)13(19)11-6-9(14)7-16(11)10-3-4-10/h1,6-7,10H,3-5,8H2,(H,17,18). The van der Waals surface area contributed by atoms with E-state index in [1.807, 2.05) is 10.8 Å². The number of rotatable bonds is 5. The number of halogens is 1. The molecule has 0 radical (unpaired) electrons. The van der Waals surface area contributed by atoms with Crippen LogP contribution in [-0.4, -0.2) is 39.5 Å². The smallest absolute Gasteiger partial charge is 0.323 e. The number of aromatic nitrogens is 1. The quantitative estimate of drug-likeness (QED) is 0.839. The predicted octanol–water partition coefficient (Wildman–Crippen LogP) is 1.75. The second kappa shape index (κ2) is 5.49. The van der Waals surface area contributed by atoms with Gasteiger partial charge in [0.05, 0.1) is 6.54 Å². The highest BCUT2D eigenvalue weighted by molar-refractivity contribution is 9.10. The first-order valence-electron chi connectivity index (χ1n) is 5.85. The lowest BCUT2D eigenvalue weighted by molar-refractivity contribution is -0.137. The van der Waals surface area contributed by atoms with E-state index in [-0.39, 0.29) is 12.5 Å². The number of amides is 1. The molecule has 0 atom stereocenters. The van der Waals surface area contributed by atoms with Crippen LogP contribution in [0.25, 0.3) is 0 Å². The zero-order chi connectivity index (χ0) is 14.0. The van der Waals surface area contributed by atoms with Gasteiger partial charge in [-0.2, -0.15) is 0 Å². The molecule has 0 aromatic carbocycles. The molecular formula is C13H13BrN2O3. The highest BCUT2D eigenvalue weighted by Crippen LogP contribution is 2.37. The highest BCUT2D eigenvalue weighted by Gasteiger charge is 2.29. The maximum atomic E-state index is 12.4. The fourth-order valence-corrected chi connectivity index (χ4v) is 2.34. The predicted molar refractivity (Wildman–Crippen MR) is 72.8 cm³/mol. The summed E-state index contributed by atoms with van der Waals surface area (Å²) in [5, 5.41) is 8.82. The van der Waals surface area contributed by atoms with Crippen molar-refractivity contribution >= 4 is 27.8 Å². The average molecular weight is 325 g/mol. The number of hydrogen-bond donors (Lipinski definition) is 1. The SMILES string of the molecule is C#CCN(CC(=O)O)C(=O)c1cc(Br)cn1C1CC1. The Morgan fingerprint density at radius 3 is 2.79 bits per heavy atom. The molecule has 1 aliphatic carbocycles. The Kier molecular flexibility index (Phi) is 3.96. The second-order valence-electron chi connectivity index (χ2n) is 4.44. The number of aliphatic carboxylic acids is 1. The summed E-state index contributed by atoms with van der Waals surface area (Å²) in [4.78, 5) is 24.3. The Morgan fingerprint density at radius 1 is 1.58 bits per heavy atom. The van der Waals surface area contributed by atoms with E-state index in [4.69, 9.17) is 11.5 Å². The van der Waals surface area contributed by atoms with Crippen molar-refractivity contribution in [3.8, 4) is 12.3 Å². The lowest BCUT2D eigenvalue weighted by Gasteiger charge is -2.18. The van der Waals surface area contributed by atoms with Crippen molar-refractivity contribution in [1.82, 2.24) is 9.47 Å². The fraction of sp³-hybridized carbons (Fsp3) is 0.385. The van der Waals surface area contributed by atoms with E-state index in [1.54, 1.807) is 6.07 Å². The minimum atomic E-state index is -1.08. The number of carboxylic acid groups (broad SMARTS) is 1. The number of carbonyl (C=O) groups excluding carboxylic acids is 1. The van der Waals surface area contributed by atoms with Crippen molar-refractivity contribution in [3.05, 3.63) is 22.4 Å². The van der Waals surface area contributed by atoms with Crippen LogP contribution in [0.5, 0.6) is 0 Å². The van der Waals surface area contributed by atoms with Crippen molar-refractivity contribution in [2.45, 2.75) is 18.9 Å². The molecule has 2 rings (SSSR count). The lowest BCUT2D eigenvalue weighted by Crippen LogP contribution is -2.37. The van der Waals surface area contributed by atoms with Crippen LogP contribution in [0.4, 0.5) is 0 Å². The second-order valence-corrected chi connectivity index (χ2v) is 5.36. The summed E-state index contributed by atoms with van der Waals surface area (Å²) in [6.07, 6.45) is 9.10. The van der Waals surface area contributed by atoms with Crippen LogP contribution >= 0.6 is 15.9 Å². The first-order valence-corrected chi connectivity index (χ1v) is 6.64. The minimum absolute atomic E-state index is 0.0153. The van der Waals surface area contributed by atoms with Gasteiger partial charge in [0.25, 0.3) is 5.91 Å². The molecule has 0 unspecified atom stereocenters. The molecule has 1 aliphatic rings. The Bertz CT molecular complexity index is 555. The molecule has 1 aromatic rings. The highest BCUT2D eigenvalue weighted by atomic mass is 79.9. The van der Waals surface area contributed by atoms with E-state index in [0.717, 1.165) is 22.2 Å². The molecule has 1 aromatic heterocycles. The Morgan fingerprint density at radius 2 is 2.26 bits per heavy atom. The summed E-state index contributed by atoms with van der Waals surface area (Å²) in [6.45, 7) is -0.408. The van der Waals surface area contributed by atoms with E-state index in [9.17, 15) is 9.59 Å². The zero-order valence-corrected chi connectivity index (χ0v) is 11.8. The number of carbonyl (C=O) groups is 2. The van der Waals surface area contributed by atoms with Crippen molar-refractivity contribution in [2.24, 2.45) is 0 Å². The molecule has 1 heterocycles. The van der Waals surface area contributed by atoms with E-state index in [2.05, 4.69) is 21.9 Å². The van der Waals surface area contributed by atoms with Gasteiger partial charge in [-0.3, -0.25) is 9.59 Å². The van der Waals surface area contributed by atoms with Crippen LogP contribution in [0, 0.1) is 12.3 Å². The van der Waals surface area contributed by atoms with Gasteiger partial charge in [-0.1, -0.05) is 5.92 Å². The maximum Gasteiger partial charge on any atom is 0.323 e. The first-order chi connectivity index (χ1) is 9.02. The molecule has 0 saturated heterocycles. The molecule has 1 saturated carbocycles. The van der Waals surface area contributed by atoms with Crippen LogP contribution in [0.3, 0.4) is 0 Å². The molecule has 100 valence electrons. The van der Waals surface area contributed by atoms with Gasteiger partial charge in [0.2, 0.25) is 0 Å². The Balaban J connectivity index is 2.25. The average Bonchev–Trinajstić information content (AvgIpc) is 3.10. The van der Waals surface area contributed by atoms with Gasteiger partial charge in [0, 0.05) is 16.7 Å². The van der Waals surface area contributed by atoms with E-state index >= 15 is 0 Å². The monoisotopic (exact) mass is 324 g/mol. The van der Waals surface area contributed by atoms with Crippen LogP contribution in [0.2, 0.25) is 0 Å². The minimum Gasteiger partial charge on any atom is -0.480 e. The van der Waals surface area contributed by atoms with Crippen molar-refractivity contribution in [1.29, 1.82) is 0 Å². The summed E-state index contributed by atoms with van der Waals surface area (Å²) >= 11 is 3.34. The summed E-state index contributed by atoms with van der Waals surface area (Å²) in [7, 11) is 0. The van der Waals surface area contributed by atoms with Gasteiger partial charge in [-0.25, -0.2) is 0 Å². The third kappa shape index (κ3) is 3.18. The van der Waals surface area contributed by atoms with E-state index in [0.29, 0.717) is 11.7 Å². The normalized spacial score (nSPS) is 13.9. The van der Waals surface area contributed by atoms with E-state index in [1.165, 1.54) is 0 Å². The van der Waals surface area contributed by atoms with Crippen molar-refractivity contribution in [2.75, 3.05) is 13.1 Å². The fourth-order valence-electron chi connectivity index (χ4n) is 1.91. The van der Waals surface area contributed by atoms with Gasteiger partial charge in [0.1, 0.15) is 12.2 Å². The van der Waals surface area contributed by atoms with Crippen LogP contribution in [-0.2, 0) is 4.79 Å². The summed E-state index contributed by atoms with van der Waals surface area (Å²) < 4.78 is 2.69. The zero-order valence-electron chi connectivity index (χ0n) is 10.2. The van der Waals surface area contributed by atoms with Crippen LogP contribution in [0.15, 0.2) is 16.7 Å². The topological polar surface area (TPSA) is 62.5 Å². The maximum absolute atomic E-state index is 12.4. The molecule has 1 amide bonds. The molecule has 0 aliphatic heterocycles. The Labute approximate surface area is 119 Å². The number of carboxylic acids is 1. The largest absolute Gasteiger partial charge is 0.480 e. The van der Waals surface area contributed by atoms with Gasteiger partial charge < -0.3 is 14.6 Å². The molecule has 19 heavy (non-hydrogen) atoms. The number of terminal acetylenes is 1. The molecule has 1 fully saturated rings. The van der Waals surface area contributed by atoms with E-state index < -0.39 is 12.5 Å². The molecule has 0 bridgehead atoms. The summed E-state index contributed by atoms with van der Waals surface area (Å²) in [5.74, 6) is 0.890. The lowest BCUT2D eigenvalue weighted by atomic mass is 10.3. The number of hydrogen-bond acceptors (Lipinski definition) is 2. The number of nitrogens with zero attached hydrogens (tertiary/aromatic N) is 2. The van der Waals surface area contributed by atoms with Gasteiger partial charge in [0.15, 0.2) is 0 Å². The molecule has 5 nitrogen and oxygen atoms in total. The molecule has 1 N–H and O–H groups in total. The van der Waals surface area contributed by atoms with Crippen LogP contribution < -0.4 is 0 Å². The van der Waals surface area contributed by atoms with Gasteiger partial charge in [-0.05, 0) is 34.8 Å². The summed E-state index contributed by atoms with van der Waals surface area (Å²) in [6, 6.07) is 2.04. The molecular weight excluding hydrogens is 312 g/mol. The third-order valence-corrected chi connectivity index (χ3v) is 3.30. The van der Waals surface area contributed by atoms with Crippen LogP contribution in [0.1, 0.15) is 29.4 Å². The molecule has 0 spiro atoms. The third-order valence-electron chi connectivity index (χ3n) is 2.87. The van der Waals surface area contributed by atoms with Crippen molar-refractivity contribution < 1.29 is 14.7 Å². The molecule has 6 heteroatoms. The van der Waals surface area contributed by atoms with Gasteiger partial charge in [-0.15, -0.1) is 6.42 Å². The van der Waals surface area contributed by atoms with Gasteiger partial charge >= 0.3 is 5.97 Å².